The van der Waals surface area contributed by atoms with Crippen molar-refractivity contribution in [1.29, 1.82) is 0 Å². The van der Waals surface area contributed by atoms with E-state index in [2.05, 4.69) is 10.1 Å². The average Bonchev–Trinajstić information content (AvgIpc) is 3.23. The molecular weight excluding hydrogens is 344 g/mol. The summed E-state index contributed by atoms with van der Waals surface area (Å²) in [6, 6.07) is 3.20. The van der Waals surface area contributed by atoms with Crippen LogP contribution in [0.25, 0.3) is 5.65 Å². The second-order valence-electron chi connectivity index (χ2n) is 7.15. The smallest absolute Gasteiger partial charge is 0.275 e. The molecule has 2 amide bonds. The standard InChI is InChI=1S/C19H22N6O2/c1-12-5-7-24-11-14(21-16(24)9-12)18(26)25-8-6-15-13(10-20-23(15)4)17(25)19(27)22(2)3/h5,7,9-11,17H,6,8H2,1-4H3. The molecule has 0 N–H and O–H groups in total. The van der Waals surface area contributed by atoms with Gasteiger partial charge in [0.15, 0.2) is 0 Å². The first-order valence-corrected chi connectivity index (χ1v) is 8.85. The van der Waals surface area contributed by atoms with Crippen LogP contribution in [0.1, 0.15) is 33.4 Å². The van der Waals surface area contributed by atoms with Gasteiger partial charge in [0.2, 0.25) is 5.91 Å². The predicted octanol–water partition coefficient (Wildman–Crippen LogP) is 1.20. The number of rotatable bonds is 2. The third-order valence-corrected chi connectivity index (χ3v) is 5.06. The molecule has 1 atom stereocenters. The van der Waals surface area contributed by atoms with Gasteiger partial charge in [-0.05, 0) is 24.6 Å². The molecule has 0 saturated carbocycles. The summed E-state index contributed by atoms with van der Waals surface area (Å²) in [5.74, 6) is -0.386. The van der Waals surface area contributed by atoms with Crippen LogP contribution >= 0.6 is 0 Å². The summed E-state index contributed by atoms with van der Waals surface area (Å²) in [5.41, 5.74) is 3.91. The molecule has 1 aliphatic rings. The molecular formula is C19H22N6O2. The maximum Gasteiger partial charge on any atom is 0.275 e. The monoisotopic (exact) mass is 366 g/mol. The lowest BCUT2D eigenvalue weighted by atomic mass is 9.97. The number of nitrogens with zero attached hydrogens (tertiary/aromatic N) is 6. The molecule has 1 aliphatic heterocycles. The van der Waals surface area contributed by atoms with E-state index in [1.54, 1.807) is 36.1 Å². The van der Waals surface area contributed by atoms with E-state index in [0.717, 1.165) is 16.8 Å². The van der Waals surface area contributed by atoms with Crippen LogP contribution in [0.5, 0.6) is 0 Å². The van der Waals surface area contributed by atoms with Gasteiger partial charge in [0.1, 0.15) is 17.4 Å². The lowest BCUT2D eigenvalue weighted by Gasteiger charge is -2.35. The first-order valence-electron chi connectivity index (χ1n) is 8.85. The van der Waals surface area contributed by atoms with Gasteiger partial charge in [-0.3, -0.25) is 14.3 Å². The number of amides is 2. The third kappa shape index (κ3) is 2.77. The largest absolute Gasteiger partial charge is 0.347 e. The van der Waals surface area contributed by atoms with Crippen molar-refractivity contribution in [2.75, 3.05) is 20.6 Å². The molecule has 8 nitrogen and oxygen atoms in total. The minimum atomic E-state index is -0.684. The lowest BCUT2D eigenvalue weighted by Crippen LogP contribution is -2.47. The minimum Gasteiger partial charge on any atom is -0.347 e. The van der Waals surface area contributed by atoms with Gasteiger partial charge in [-0.15, -0.1) is 0 Å². The average molecular weight is 366 g/mol. The van der Waals surface area contributed by atoms with E-state index in [1.165, 1.54) is 4.90 Å². The van der Waals surface area contributed by atoms with Crippen LogP contribution in [-0.4, -0.2) is 61.4 Å². The number of pyridine rings is 1. The summed E-state index contributed by atoms with van der Waals surface area (Å²) in [6.07, 6.45) is 5.94. The molecule has 0 bridgehead atoms. The quantitative estimate of drug-likeness (QED) is 0.683. The second-order valence-corrected chi connectivity index (χ2v) is 7.15. The van der Waals surface area contributed by atoms with Crippen molar-refractivity contribution < 1.29 is 9.59 Å². The highest BCUT2D eigenvalue weighted by atomic mass is 16.2. The molecule has 0 saturated heterocycles. The van der Waals surface area contributed by atoms with Crippen molar-refractivity contribution in [2.45, 2.75) is 19.4 Å². The fourth-order valence-corrected chi connectivity index (χ4v) is 3.60. The number of carbonyl (C=O) groups is 2. The fourth-order valence-electron chi connectivity index (χ4n) is 3.60. The normalized spacial score (nSPS) is 16.4. The van der Waals surface area contributed by atoms with Crippen LogP contribution in [0.2, 0.25) is 0 Å². The van der Waals surface area contributed by atoms with Gasteiger partial charge in [0.25, 0.3) is 5.91 Å². The van der Waals surface area contributed by atoms with Gasteiger partial charge in [0.05, 0.1) is 6.20 Å². The van der Waals surface area contributed by atoms with Crippen molar-refractivity contribution in [2.24, 2.45) is 7.05 Å². The van der Waals surface area contributed by atoms with Crippen LogP contribution in [0.4, 0.5) is 0 Å². The number of aryl methyl sites for hydroxylation is 2. The summed E-state index contributed by atoms with van der Waals surface area (Å²) in [7, 11) is 5.25. The van der Waals surface area contributed by atoms with E-state index in [9.17, 15) is 9.59 Å². The molecule has 0 aromatic carbocycles. The van der Waals surface area contributed by atoms with Crippen LogP contribution in [0, 0.1) is 6.92 Å². The Balaban J connectivity index is 1.75. The number of fused-ring (bicyclic) bond motifs is 2. The topological polar surface area (TPSA) is 75.7 Å². The lowest BCUT2D eigenvalue weighted by molar-refractivity contribution is -0.134. The summed E-state index contributed by atoms with van der Waals surface area (Å²) in [6.45, 7) is 2.43. The molecule has 3 aromatic rings. The first kappa shape index (κ1) is 17.3. The number of aromatic nitrogens is 4. The Kier molecular flexibility index (Phi) is 3.98. The van der Waals surface area contributed by atoms with Gasteiger partial charge in [-0.1, -0.05) is 0 Å². The highest BCUT2D eigenvalue weighted by molar-refractivity contribution is 5.97. The van der Waals surface area contributed by atoms with Gasteiger partial charge in [0, 0.05) is 57.8 Å². The molecule has 27 heavy (non-hydrogen) atoms. The fraction of sp³-hybridized carbons (Fsp3) is 0.368. The number of hydrogen-bond donors (Lipinski definition) is 0. The molecule has 0 radical (unpaired) electrons. The van der Waals surface area contributed by atoms with Crippen LogP contribution in [0.15, 0.2) is 30.7 Å². The molecule has 140 valence electrons. The molecule has 4 heterocycles. The molecule has 3 aromatic heterocycles. The Bertz CT molecular complexity index is 1050. The van der Waals surface area contributed by atoms with Crippen molar-refractivity contribution in [1.82, 2.24) is 29.0 Å². The minimum absolute atomic E-state index is 0.142. The van der Waals surface area contributed by atoms with Crippen molar-refractivity contribution in [3.63, 3.8) is 0 Å². The summed E-state index contributed by atoms with van der Waals surface area (Å²) >= 11 is 0. The van der Waals surface area contributed by atoms with Crippen LogP contribution in [-0.2, 0) is 18.3 Å². The Labute approximate surface area is 157 Å². The summed E-state index contributed by atoms with van der Waals surface area (Å²) in [4.78, 5) is 33.8. The first-order chi connectivity index (χ1) is 12.9. The van der Waals surface area contributed by atoms with Crippen molar-refractivity contribution in [3.8, 4) is 0 Å². The maximum atomic E-state index is 13.3. The van der Waals surface area contributed by atoms with Crippen molar-refractivity contribution in [3.05, 3.63) is 53.2 Å². The molecule has 0 fully saturated rings. The van der Waals surface area contributed by atoms with E-state index in [4.69, 9.17) is 0 Å². The third-order valence-electron chi connectivity index (χ3n) is 5.06. The van der Waals surface area contributed by atoms with E-state index in [0.29, 0.717) is 24.3 Å². The Morgan fingerprint density at radius 1 is 1.30 bits per heavy atom. The Morgan fingerprint density at radius 2 is 2.07 bits per heavy atom. The molecule has 8 heteroatoms. The van der Waals surface area contributed by atoms with E-state index in [-0.39, 0.29) is 11.8 Å². The number of carbonyl (C=O) groups excluding carboxylic acids is 2. The number of imidazole rings is 1. The maximum absolute atomic E-state index is 13.3. The number of hydrogen-bond acceptors (Lipinski definition) is 4. The number of likely N-dealkylation sites (N-methyl/N-ethyl adjacent to an activating group) is 1. The van der Waals surface area contributed by atoms with Gasteiger partial charge < -0.3 is 14.2 Å². The highest BCUT2D eigenvalue weighted by Gasteiger charge is 2.39. The highest BCUT2D eigenvalue weighted by Crippen LogP contribution is 2.31. The summed E-state index contributed by atoms with van der Waals surface area (Å²) in [5, 5.41) is 4.29. The van der Waals surface area contributed by atoms with Crippen LogP contribution < -0.4 is 0 Å². The Morgan fingerprint density at radius 3 is 2.81 bits per heavy atom. The summed E-state index contributed by atoms with van der Waals surface area (Å²) < 4.78 is 3.60. The second kappa shape index (κ2) is 6.22. The molecule has 4 rings (SSSR count). The molecule has 1 unspecified atom stereocenters. The molecule has 0 spiro atoms. The zero-order valence-corrected chi connectivity index (χ0v) is 15.9. The zero-order chi connectivity index (χ0) is 19.3. The van der Waals surface area contributed by atoms with Crippen LogP contribution in [0.3, 0.4) is 0 Å². The van der Waals surface area contributed by atoms with Gasteiger partial charge in [-0.2, -0.15) is 5.10 Å². The Hall–Kier alpha value is -3.16. The van der Waals surface area contributed by atoms with Gasteiger partial charge >= 0.3 is 0 Å². The SMILES string of the molecule is Cc1ccn2cc(C(=O)N3CCc4c(cnn4C)C3C(=O)N(C)C)nc2c1. The van der Waals surface area contributed by atoms with Crippen molar-refractivity contribution >= 4 is 17.5 Å². The van der Waals surface area contributed by atoms with Gasteiger partial charge in [-0.25, -0.2) is 4.98 Å². The predicted molar refractivity (Wildman–Crippen MR) is 99.3 cm³/mol. The molecule has 0 aliphatic carbocycles. The van der Waals surface area contributed by atoms with E-state index in [1.807, 2.05) is 36.7 Å². The van der Waals surface area contributed by atoms with E-state index < -0.39 is 6.04 Å². The zero-order valence-electron chi connectivity index (χ0n) is 15.9. The van der Waals surface area contributed by atoms with E-state index >= 15 is 0 Å².